The van der Waals surface area contributed by atoms with E-state index in [0.717, 1.165) is 24.7 Å². The van der Waals surface area contributed by atoms with Crippen molar-refractivity contribution in [2.45, 2.75) is 84.0 Å². The number of nitrogens with zero attached hydrogens (tertiary/aromatic N) is 1. The van der Waals surface area contributed by atoms with E-state index < -0.39 is 0 Å². The Labute approximate surface area is 148 Å². The zero-order valence-corrected chi connectivity index (χ0v) is 14.6. The third-order valence-electron chi connectivity index (χ3n) is 5.26. The molecule has 1 nitrogen and oxygen atoms in total. The van der Waals surface area contributed by atoms with Crippen LogP contribution in [0, 0.1) is 23.2 Å². The van der Waals surface area contributed by atoms with Crippen LogP contribution in [0.3, 0.4) is 0 Å². The van der Waals surface area contributed by atoms with Gasteiger partial charge in [0.1, 0.15) is 0 Å². The first-order valence-corrected chi connectivity index (χ1v) is 9.48. The molecule has 0 aliphatic heterocycles. The van der Waals surface area contributed by atoms with Gasteiger partial charge < -0.3 is 0 Å². The van der Waals surface area contributed by atoms with Crippen molar-refractivity contribution in [3.05, 3.63) is 35.3 Å². The van der Waals surface area contributed by atoms with E-state index in [-0.39, 0.29) is 29.7 Å². The maximum atomic E-state index is 9.02. The summed E-state index contributed by atoms with van der Waals surface area (Å²) in [5.74, 6) is 1.76. The number of unbranched alkanes of at least 4 members (excludes halogenated alkanes) is 3. The molecule has 0 atom stereocenters. The highest BCUT2D eigenvalue weighted by Crippen LogP contribution is 2.34. The van der Waals surface area contributed by atoms with Gasteiger partial charge in [0.15, 0.2) is 0 Å². The molecule has 0 amide bonds. The van der Waals surface area contributed by atoms with Crippen molar-refractivity contribution in [3.8, 4) is 6.07 Å². The number of benzene rings is 1. The van der Waals surface area contributed by atoms with E-state index in [9.17, 15) is 0 Å². The van der Waals surface area contributed by atoms with Gasteiger partial charge in [-0.1, -0.05) is 83.2 Å². The van der Waals surface area contributed by atoms with Gasteiger partial charge in [0, 0.05) is 0 Å². The molecular weight excluding hydrogens is 278 g/mol. The highest BCUT2D eigenvalue weighted by atomic mass is 14.3. The Hall–Kier alpha value is -1.29. The maximum Gasteiger partial charge on any atom is 0.0991 e. The van der Waals surface area contributed by atoms with Crippen molar-refractivity contribution in [2.75, 3.05) is 0 Å². The number of hydrogen-bond donors (Lipinski definition) is 0. The van der Waals surface area contributed by atoms with Crippen LogP contribution in [-0.4, -0.2) is 0 Å². The van der Waals surface area contributed by atoms with Crippen LogP contribution in [0.1, 0.15) is 94.2 Å². The average molecular weight is 316 g/mol. The lowest BCUT2D eigenvalue weighted by Gasteiger charge is -2.28. The molecule has 0 unspecified atom stereocenters. The predicted molar refractivity (Wildman–Crippen MR) is 98.3 cm³/mol. The van der Waals surface area contributed by atoms with Crippen LogP contribution in [0.15, 0.2) is 24.2 Å². The first-order valence-electron chi connectivity index (χ1n) is 11.5. The minimum Gasteiger partial charge on any atom is -0.192 e. The topological polar surface area (TPSA) is 23.8 Å². The Morgan fingerprint density at radius 1 is 0.957 bits per heavy atom. The molecule has 0 aromatic heterocycles. The Morgan fingerprint density at radius 3 is 2.04 bits per heavy atom. The highest BCUT2D eigenvalue weighted by molar-refractivity contribution is 5.31. The summed E-state index contributed by atoms with van der Waals surface area (Å²) in [5, 5.41) is 9.02. The van der Waals surface area contributed by atoms with Crippen LogP contribution >= 0.6 is 0 Å². The summed E-state index contributed by atoms with van der Waals surface area (Å²) < 4.78 is 31.9. The molecule has 1 saturated carbocycles. The number of hydrogen-bond acceptors (Lipinski definition) is 1. The maximum absolute atomic E-state index is 9.02. The van der Waals surface area contributed by atoms with E-state index in [4.69, 9.17) is 10.7 Å². The van der Waals surface area contributed by atoms with Gasteiger partial charge in [-0.15, -0.1) is 0 Å². The van der Waals surface area contributed by atoms with Gasteiger partial charge in [0.2, 0.25) is 0 Å². The van der Waals surface area contributed by atoms with Crippen molar-refractivity contribution in [1.82, 2.24) is 0 Å². The fraction of sp³-hybridized carbons (Fsp3) is 0.682. The van der Waals surface area contributed by atoms with Crippen molar-refractivity contribution >= 4 is 0 Å². The molecule has 1 aliphatic rings. The van der Waals surface area contributed by atoms with Gasteiger partial charge in [0.05, 0.1) is 17.1 Å². The summed E-state index contributed by atoms with van der Waals surface area (Å²) in [6.07, 6.45) is 14.6. The summed E-state index contributed by atoms with van der Waals surface area (Å²) >= 11 is 0. The van der Waals surface area contributed by atoms with E-state index in [1.54, 1.807) is 6.07 Å². The third-order valence-corrected chi connectivity index (χ3v) is 5.26. The summed E-state index contributed by atoms with van der Waals surface area (Å²) in [7, 11) is 0. The normalized spacial score (nSPS) is 23.5. The van der Waals surface area contributed by atoms with Gasteiger partial charge in [-0.3, -0.25) is 0 Å². The van der Waals surface area contributed by atoms with E-state index in [1.165, 1.54) is 57.8 Å². The molecule has 1 aromatic carbocycles. The largest absolute Gasteiger partial charge is 0.192 e. The fourth-order valence-corrected chi connectivity index (χ4v) is 3.75. The van der Waals surface area contributed by atoms with Gasteiger partial charge in [-0.2, -0.15) is 5.26 Å². The summed E-state index contributed by atoms with van der Waals surface area (Å²) in [6, 6.07) is 1.31. The van der Waals surface area contributed by atoms with E-state index in [0.29, 0.717) is 12.0 Å². The summed E-state index contributed by atoms with van der Waals surface area (Å²) in [5.41, 5.74) is 0.313. The predicted octanol–water partition coefficient (Wildman–Crippen LogP) is 6.66. The molecule has 0 N–H and O–H groups in total. The smallest absolute Gasteiger partial charge is 0.0991 e. The van der Waals surface area contributed by atoms with Gasteiger partial charge in [-0.25, -0.2) is 0 Å². The zero-order valence-electron chi connectivity index (χ0n) is 18.6. The molecule has 0 heterocycles. The van der Waals surface area contributed by atoms with Crippen LogP contribution in [0.2, 0.25) is 0 Å². The molecule has 0 saturated heterocycles. The number of nitriles is 1. The first-order chi connectivity index (χ1) is 13.0. The van der Waals surface area contributed by atoms with Crippen LogP contribution in [-0.2, 0) is 6.42 Å². The van der Waals surface area contributed by atoms with Crippen molar-refractivity contribution in [2.24, 2.45) is 11.8 Å². The Bertz CT molecular complexity index is 628. The van der Waals surface area contributed by atoms with Crippen LogP contribution in [0.5, 0.6) is 0 Å². The van der Waals surface area contributed by atoms with Crippen LogP contribution in [0.4, 0.5) is 0 Å². The van der Waals surface area contributed by atoms with Crippen molar-refractivity contribution in [1.29, 1.82) is 5.26 Å². The van der Waals surface area contributed by atoms with Crippen LogP contribution in [0.25, 0.3) is 0 Å². The van der Waals surface area contributed by atoms with Crippen molar-refractivity contribution < 1.29 is 5.48 Å². The molecule has 0 radical (unpaired) electrons. The third kappa shape index (κ3) is 6.78. The molecule has 23 heavy (non-hydrogen) atoms. The lowest BCUT2D eigenvalue weighted by Crippen LogP contribution is -2.14. The fourth-order valence-electron chi connectivity index (χ4n) is 3.75. The Kier molecular flexibility index (Phi) is 5.95. The molecule has 1 fully saturated rings. The quantitative estimate of drug-likeness (QED) is 0.467. The van der Waals surface area contributed by atoms with Gasteiger partial charge >= 0.3 is 0 Å². The second-order valence-electron chi connectivity index (χ2n) is 7.09. The standard InChI is InChI=1S/C22H33N/c1-2-3-4-7-19-10-12-20(13-11-19)8-5-6-9-21-14-16-22(18-23)17-15-21/h14-17,19-20H,2-13H2,1H3/i14D,15D,16D,17D. The van der Waals surface area contributed by atoms with Crippen LogP contribution < -0.4 is 0 Å². The molecule has 1 aliphatic carbocycles. The van der Waals surface area contributed by atoms with Gasteiger partial charge in [-0.05, 0) is 42.3 Å². The number of rotatable bonds is 9. The Balaban J connectivity index is 1.76. The molecule has 1 aromatic rings. The SMILES string of the molecule is [2H]c1c([2H])c(CCCCC2CCC(CCCCC)CC2)c([2H])c([2H])c1C#N. The van der Waals surface area contributed by atoms with E-state index in [2.05, 4.69) is 6.92 Å². The summed E-state index contributed by atoms with van der Waals surface area (Å²) in [4.78, 5) is 0. The average Bonchev–Trinajstić information content (AvgIpc) is 2.67. The second-order valence-corrected chi connectivity index (χ2v) is 7.09. The lowest BCUT2D eigenvalue weighted by atomic mass is 9.78. The highest BCUT2D eigenvalue weighted by Gasteiger charge is 2.20. The monoisotopic (exact) mass is 315 g/mol. The molecule has 1 heteroatoms. The molecule has 0 spiro atoms. The Morgan fingerprint density at radius 2 is 1.52 bits per heavy atom. The second kappa shape index (κ2) is 10.5. The molecule has 2 rings (SSSR count). The minimum absolute atomic E-state index is 0.0415. The van der Waals surface area contributed by atoms with E-state index in [1.807, 2.05) is 0 Å². The first kappa shape index (κ1) is 13.1. The zero-order chi connectivity index (χ0) is 19.8. The lowest BCUT2D eigenvalue weighted by molar-refractivity contribution is 0.245. The van der Waals surface area contributed by atoms with Gasteiger partial charge in [0.25, 0.3) is 0 Å². The minimum atomic E-state index is -0.199. The molecule has 0 bridgehead atoms. The van der Waals surface area contributed by atoms with E-state index >= 15 is 0 Å². The summed E-state index contributed by atoms with van der Waals surface area (Å²) in [6.45, 7) is 2.26. The molecular formula is C22H33N. The van der Waals surface area contributed by atoms with Crippen molar-refractivity contribution in [3.63, 3.8) is 0 Å². The molecule has 126 valence electrons.